The van der Waals surface area contributed by atoms with Crippen molar-refractivity contribution < 1.29 is 0 Å². The van der Waals surface area contributed by atoms with E-state index in [-0.39, 0.29) is 0 Å². The zero-order valence-corrected chi connectivity index (χ0v) is 12.4. The molecule has 5 rings (SSSR count). The average Bonchev–Trinajstić information content (AvgIpc) is 2.96. The third kappa shape index (κ3) is 1.38. The Kier molecular flexibility index (Phi) is 2.21. The van der Waals surface area contributed by atoms with Gasteiger partial charge in [-0.05, 0) is 44.5 Å². The average molecular weight is 281 g/mol. The highest BCUT2D eigenvalue weighted by Gasteiger charge is 2.11. The molecule has 104 valence electrons. The van der Waals surface area contributed by atoms with Crippen LogP contribution in [-0.2, 0) is 7.05 Å². The standard InChI is InChI=1S/C21H15N/c1-22-13-12-19-20(22)11-10-18-16-8-3-2-6-14(16)15-7-4-5-9-17(15)21(18)19/h2-13H,1H3. The van der Waals surface area contributed by atoms with Crippen LogP contribution in [0.25, 0.3) is 43.2 Å². The lowest BCUT2D eigenvalue weighted by Gasteiger charge is -2.11. The molecule has 1 heteroatoms. The molecule has 0 amide bonds. The summed E-state index contributed by atoms with van der Waals surface area (Å²) >= 11 is 0. The van der Waals surface area contributed by atoms with Gasteiger partial charge < -0.3 is 4.57 Å². The molecule has 0 aliphatic heterocycles. The van der Waals surface area contributed by atoms with E-state index >= 15 is 0 Å². The molecule has 1 heterocycles. The van der Waals surface area contributed by atoms with Crippen LogP contribution >= 0.6 is 0 Å². The van der Waals surface area contributed by atoms with Gasteiger partial charge in [-0.1, -0.05) is 54.6 Å². The second kappa shape index (κ2) is 4.11. The minimum atomic E-state index is 1.29. The van der Waals surface area contributed by atoms with Crippen LogP contribution in [0.1, 0.15) is 0 Å². The number of hydrogen-bond acceptors (Lipinski definition) is 0. The molecule has 0 radical (unpaired) electrons. The highest BCUT2D eigenvalue weighted by Crippen LogP contribution is 2.38. The van der Waals surface area contributed by atoms with Gasteiger partial charge in [0.1, 0.15) is 0 Å². The summed E-state index contributed by atoms with van der Waals surface area (Å²) in [5, 5.41) is 9.39. The molecule has 0 N–H and O–H groups in total. The highest BCUT2D eigenvalue weighted by atomic mass is 14.9. The first-order valence-electron chi connectivity index (χ1n) is 7.62. The molecule has 5 aromatic rings. The number of fused-ring (bicyclic) bond motifs is 8. The molecule has 0 spiro atoms. The second-order valence-electron chi connectivity index (χ2n) is 5.94. The van der Waals surface area contributed by atoms with Crippen LogP contribution in [0.3, 0.4) is 0 Å². The quantitative estimate of drug-likeness (QED) is 0.324. The Balaban J connectivity index is 2.23. The summed E-state index contributed by atoms with van der Waals surface area (Å²) in [5.41, 5.74) is 1.29. The maximum absolute atomic E-state index is 2.27. The Bertz CT molecular complexity index is 1140. The normalized spacial score (nSPS) is 11.9. The molecular weight excluding hydrogens is 266 g/mol. The van der Waals surface area contributed by atoms with E-state index in [0.29, 0.717) is 0 Å². The highest BCUT2D eigenvalue weighted by molar-refractivity contribution is 6.31. The van der Waals surface area contributed by atoms with Gasteiger partial charge in [-0.3, -0.25) is 0 Å². The molecule has 22 heavy (non-hydrogen) atoms. The van der Waals surface area contributed by atoms with Crippen LogP contribution in [0.5, 0.6) is 0 Å². The van der Waals surface area contributed by atoms with Crippen molar-refractivity contribution in [2.45, 2.75) is 0 Å². The Morgan fingerprint density at radius 3 is 1.77 bits per heavy atom. The van der Waals surface area contributed by atoms with Crippen LogP contribution in [0.4, 0.5) is 0 Å². The molecule has 0 aliphatic carbocycles. The Morgan fingerprint density at radius 1 is 0.545 bits per heavy atom. The van der Waals surface area contributed by atoms with Gasteiger partial charge in [0.2, 0.25) is 0 Å². The van der Waals surface area contributed by atoms with Crippen molar-refractivity contribution in [1.29, 1.82) is 0 Å². The van der Waals surface area contributed by atoms with Gasteiger partial charge >= 0.3 is 0 Å². The third-order valence-electron chi connectivity index (χ3n) is 4.77. The number of rotatable bonds is 0. The first-order chi connectivity index (χ1) is 10.8. The first kappa shape index (κ1) is 11.8. The predicted octanol–water partition coefficient (Wildman–Crippen LogP) is 5.64. The molecule has 0 unspecified atom stereocenters. The van der Waals surface area contributed by atoms with Crippen molar-refractivity contribution >= 4 is 43.2 Å². The van der Waals surface area contributed by atoms with E-state index in [2.05, 4.69) is 84.5 Å². The van der Waals surface area contributed by atoms with Crippen LogP contribution in [0.2, 0.25) is 0 Å². The molecule has 1 nitrogen and oxygen atoms in total. The SMILES string of the molecule is Cn1ccc2c3c4ccccc4c4ccccc4c3ccc21. The molecule has 0 fully saturated rings. The van der Waals surface area contributed by atoms with Gasteiger partial charge in [0, 0.05) is 24.1 Å². The van der Waals surface area contributed by atoms with Crippen LogP contribution in [0, 0.1) is 0 Å². The third-order valence-corrected chi connectivity index (χ3v) is 4.77. The molecule has 0 saturated heterocycles. The summed E-state index contributed by atoms with van der Waals surface area (Å²) in [5.74, 6) is 0. The molecular formula is C21H15N. The minimum Gasteiger partial charge on any atom is -0.351 e. The molecule has 1 aromatic heterocycles. The summed E-state index contributed by atoms with van der Waals surface area (Å²) in [6, 6.07) is 24.2. The Labute approximate surface area is 128 Å². The number of hydrogen-bond donors (Lipinski definition) is 0. The number of nitrogens with zero attached hydrogens (tertiary/aromatic N) is 1. The van der Waals surface area contributed by atoms with Crippen molar-refractivity contribution in [1.82, 2.24) is 4.57 Å². The van der Waals surface area contributed by atoms with Gasteiger partial charge in [-0.15, -0.1) is 0 Å². The fraction of sp³-hybridized carbons (Fsp3) is 0.0476. The number of aryl methyl sites for hydroxylation is 1. The zero-order valence-electron chi connectivity index (χ0n) is 12.4. The molecule has 0 saturated carbocycles. The fourth-order valence-corrected chi connectivity index (χ4v) is 3.75. The van der Waals surface area contributed by atoms with Crippen molar-refractivity contribution in [3.8, 4) is 0 Å². The smallest absolute Gasteiger partial charge is 0.0484 e. The number of benzene rings is 4. The maximum Gasteiger partial charge on any atom is 0.0484 e. The summed E-state index contributed by atoms with van der Waals surface area (Å²) in [6.45, 7) is 0. The van der Waals surface area contributed by atoms with E-state index in [1.54, 1.807) is 0 Å². The predicted molar refractivity (Wildman–Crippen MR) is 95.4 cm³/mol. The maximum atomic E-state index is 2.27. The van der Waals surface area contributed by atoms with E-state index in [4.69, 9.17) is 0 Å². The lowest BCUT2D eigenvalue weighted by atomic mass is 9.93. The van der Waals surface area contributed by atoms with Gasteiger partial charge in [-0.25, -0.2) is 0 Å². The summed E-state index contributed by atoms with van der Waals surface area (Å²) in [6.07, 6.45) is 2.15. The van der Waals surface area contributed by atoms with E-state index in [0.717, 1.165) is 0 Å². The summed E-state index contributed by atoms with van der Waals surface area (Å²) < 4.78 is 2.19. The van der Waals surface area contributed by atoms with E-state index in [1.807, 2.05) is 0 Å². The van der Waals surface area contributed by atoms with Crippen molar-refractivity contribution in [2.75, 3.05) is 0 Å². The van der Waals surface area contributed by atoms with Crippen LogP contribution in [0.15, 0.2) is 72.9 Å². The lowest BCUT2D eigenvalue weighted by molar-refractivity contribution is 0.969. The monoisotopic (exact) mass is 281 g/mol. The Morgan fingerprint density at radius 2 is 1.09 bits per heavy atom. The lowest BCUT2D eigenvalue weighted by Crippen LogP contribution is -1.86. The van der Waals surface area contributed by atoms with Crippen molar-refractivity contribution in [3.63, 3.8) is 0 Å². The second-order valence-corrected chi connectivity index (χ2v) is 5.94. The van der Waals surface area contributed by atoms with E-state index < -0.39 is 0 Å². The molecule has 0 aliphatic rings. The zero-order chi connectivity index (χ0) is 14.7. The summed E-state index contributed by atoms with van der Waals surface area (Å²) in [7, 11) is 2.11. The number of aromatic nitrogens is 1. The van der Waals surface area contributed by atoms with Gasteiger partial charge in [0.05, 0.1) is 0 Å². The summed E-state index contributed by atoms with van der Waals surface area (Å²) in [4.78, 5) is 0. The fourth-order valence-electron chi connectivity index (χ4n) is 3.75. The van der Waals surface area contributed by atoms with Crippen LogP contribution < -0.4 is 0 Å². The first-order valence-corrected chi connectivity index (χ1v) is 7.62. The van der Waals surface area contributed by atoms with Crippen molar-refractivity contribution in [2.24, 2.45) is 7.05 Å². The largest absolute Gasteiger partial charge is 0.351 e. The van der Waals surface area contributed by atoms with Gasteiger partial charge in [-0.2, -0.15) is 0 Å². The van der Waals surface area contributed by atoms with Gasteiger partial charge in [0.15, 0.2) is 0 Å². The minimum absolute atomic E-state index is 1.29. The van der Waals surface area contributed by atoms with Crippen LogP contribution in [-0.4, -0.2) is 4.57 Å². The van der Waals surface area contributed by atoms with E-state index in [9.17, 15) is 0 Å². The van der Waals surface area contributed by atoms with Gasteiger partial charge in [0.25, 0.3) is 0 Å². The molecule has 0 atom stereocenters. The van der Waals surface area contributed by atoms with E-state index in [1.165, 1.54) is 43.2 Å². The topological polar surface area (TPSA) is 4.93 Å². The van der Waals surface area contributed by atoms with Crippen molar-refractivity contribution in [3.05, 3.63) is 72.9 Å². The molecule has 4 aromatic carbocycles. The Hall–Kier alpha value is -2.80. The molecule has 0 bridgehead atoms.